The van der Waals surface area contributed by atoms with E-state index in [9.17, 15) is 4.79 Å². The molecule has 0 aliphatic rings. The number of aromatic nitrogens is 1. The van der Waals surface area contributed by atoms with Crippen molar-refractivity contribution in [2.75, 3.05) is 17.2 Å². The van der Waals surface area contributed by atoms with Crippen LogP contribution in [0.4, 0.5) is 11.4 Å². The highest BCUT2D eigenvalue weighted by Gasteiger charge is 2.09. The van der Waals surface area contributed by atoms with Crippen LogP contribution in [0.5, 0.6) is 0 Å². The maximum Gasteiger partial charge on any atom is 0.274 e. The molecule has 1 aromatic heterocycles. The third-order valence-electron chi connectivity index (χ3n) is 3.08. The second-order valence-electron chi connectivity index (χ2n) is 4.87. The van der Waals surface area contributed by atoms with Gasteiger partial charge in [-0.05, 0) is 37.6 Å². The maximum atomic E-state index is 12.2. The molecule has 0 aliphatic heterocycles. The van der Waals surface area contributed by atoms with Gasteiger partial charge in [-0.3, -0.25) is 4.79 Å². The highest BCUT2D eigenvalue weighted by Crippen LogP contribution is 2.17. The Morgan fingerprint density at radius 1 is 1.29 bits per heavy atom. The first kappa shape index (κ1) is 14.8. The number of rotatable bonds is 5. The topological polar surface area (TPSA) is 54.0 Å². The number of amides is 1. The Hall–Kier alpha value is -2.62. The molecule has 1 amide bonds. The van der Waals surface area contributed by atoms with E-state index in [-0.39, 0.29) is 5.91 Å². The summed E-state index contributed by atoms with van der Waals surface area (Å²) >= 11 is 0. The molecule has 0 aliphatic carbocycles. The molecule has 0 atom stereocenters. The second-order valence-corrected chi connectivity index (χ2v) is 4.87. The average Bonchev–Trinajstić information content (AvgIpc) is 2.48. The van der Waals surface area contributed by atoms with Gasteiger partial charge in [0.05, 0.1) is 11.9 Å². The number of carbonyl (C=O) groups excluding carboxylic acids is 1. The molecular weight excluding hydrogens is 262 g/mol. The summed E-state index contributed by atoms with van der Waals surface area (Å²) in [6.07, 6.45) is 3.40. The lowest BCUT2D eigenvalue weighted by Crippen LogP contribution is -2.14. The lowest BCUT2D eigenvalue weighted by molar-refractivity contribution is 0.102. The summed E-state index contributed by atoms with van der Waals surface area (Å²) in [5.41, 5.74) is 4.26. The van der Waals surface area contributed by atoms with Gasteiger partial charge in [0.15, 0.2) is 0 Å². The Kier molecular flexibility index (Phi) is 4.72. The first-order valence-corrected chi connectivity index (χ1v) is 6.79. The Labute approximate surface area is 124 Å². The number of benzene rings is 1. The summed E-state index contributed by atoms with van der Waals surface area (Å²) in [6.45, 7) is 8.29. The SMILES string of the molecule is C=CCNc1ccc(C(=O)Nc2ccc(C)cc2C)nc1. The Morgan fingerprint density at radius 3 is 2.71 bits per heavy atom. The van der Waals surface area contributed by atoms with Gasteiger partial charge in [0.2, 0.25) is 0 Å². The van der Waals surface area contributed by atoms with E-state index in [2.05, 4.69) is 22.2 Å². The van der Waals surface area contributed by atoms with Gasteiger partial charge < -0.3 is 10.6 Å². The zero-order valence-corrected chi connectivity index (χ0v) is 12.3. The van der Waals surface area contributed by atoms with Crippen LogP contribution in [0, 0.1) is 13.8 Å². The summed E-state index contributed by atoms with van der Waals surface area (Å²) < 4.78 is 0. The van der Waals surface area contributed by atoms with E-state index in [0.29, 0.717) is 12.2 Å². The molecule has 2 N–H and O–H groups in total. The van der Waals surface area contributed by atoms with Crippen molar-refractivity contribution in [2.45, 2.75) is 13.8 Å². The number of pyridine rings is 1. The van der Waals surface area contributed by atoms with Crippen molar-refractivity contribution in [3.8, 4) is 0 Å². The molecule has 0 fully saturated rings. The van der Waals surface area contributed by atoms with Crippen LogP contribution in [0.15, 0.2) is 49.2 Å². The lowest BCUT2D eigenvalue weighted by atomic mass is 10.1. The quantitative estimate of drug-likeness (QED) is 0.824. The van der Waals surface area contributed by atoms with Gasteiger partial charge in [-0.25, -0.2) is 4.98 Å². The van der Waals surface area contributed by atoms with Crippen LogP contribution in [0.1, 0.15) is 21.6 Å². The molecule has 4 heteroatoms. The number of nitrogens with zero attached hydrogens (tertiary/aromatic N) is 1. The number of nitrogens with one attached hydrogen (secondary N) is 2. The summed E-state index contributed by atoms with van der Waals surface area (Å²) in [5.74, 6) is -0.211. The summed E-state index contributed by atoms with van der Waals surface area (Å²) in [6, 6.07) is 9.43. The Morgan fingerprint density at radius 2 is 2.10 bits per heavy atom. The zero-order chi connectivity index (χ0) is 15.2. The van der Waals surface area contributed by atoms with Gasteiger partial charge in [-0.1, -0.05) is 23.8 Å². The first-order chi connectivity index (χ1) is 10.1. The molecule has 0 saturated heterocycles. The summed E-state index contributed by atoms with van der Waals surface area (Å²) in [4.78, 5) is 16.3. The van der Waals surface area contributed by atoms with Crippen LogP contribution in [0.25, 0.3) is 0 Å². The standard InChI is InChI=1S/C17H19N3O/c1-4-9-18-14-6-8-16(19-11-14)17(21)20-15-7-5-12(2)10-13(15)3/h4-8,10-11,18H,1,9H2,2-3H3,(H,20,21). The van der Waals surface area contributed by atoms with Crippen LogP contribution < -0.4 is 10.6 Å². The molecule has 2 aromatic rings. The van der Waals surface area contributed by atoms with E-state index < -0.39 is 0 Å². The number of hydrogen-bond acceptors (Lipinski definition) is 3. The van der Waals surface area contributed by atoms with E-state index in [1.165, 1.54) is 5.56 Å². The molecule has 21 heavy (non-hydrogen) atoms. The van der Waals surface area contributed by atoms with E-state index in [1.807, 2.05) is 38.1 Å². The summed E-state index contributed by atoms with van der Waals surface area (Å²) in [7, 11) is 0. The third kappa shape index (κ3) is 3.92. The molecule has 108 valence electrons. The van der Waals surface area contributed by atoms with Crippen molar-refractivity contribution in [2.24, 2.45) is 0 Å². The lowest BCUT2D eigenvalue weighted by Gasteiger charge is -2.09. The predicted molar refractivity (Wildman–Crippen MR) is 86.8 cm³/mol. The Bertz CT molecular complexity index is 648. The van der Waals surface area contributed by atoms with Crippen LogP contribution in [-0.2, 0) is 0 Å². The monoisotopic (exact) mass is 281 g/mol. The van der Waals surface area contributed by atoms with Crippen molar-refractivity contribution in [1.82, 2.24) is 4.98 Å². The van der Waals surface area contributed by atoms with Gasteiger partial charge in [-0.15, -0.1) is 6.58 Å². The molecular formula is C17H19N3O. The van der Waals surface area contributed by atoms with Gasteiger partial charge >= 0.3 is 0 Å². The molecule has 1 aromatic carbocycles. The largest absolute Gasteiger partial charge is 0.380 e. The van der Waals surface area contributed by atoms with E-state index in [0.717, 1.165) is 16.9 Å². The molecule has 0 spiro atoms. The smallest absolute Gasteiger partial charge is 0.274 e. The predicted octanol–water partition coefficient (Wildman–Crippen LogP) is 3.55. The fourth-order valence-corrected chi connectivity index (χ4v) is 1.96. The van der Waals surface area contributed by atoms with Crippen LogP contribution in [-0.4, -0.2) is 17.4 Å². The van der Waals surface area contributed by atoms with Gasteiger partial charge in [0, 0.05) is 12.2 Å². The molecule has 0 unspecified atom stereocenters. The van der Waals surface area contributed by atoms with Crippen LogP contribution in [0.2, 0.25) is 0 Å². The minimum Gasteiger partial charge on any atom is -0.380 e. The highest BCUT2D eigenvalue weighted by molar-refractivity contribution is 6.03. The zero-order valence-electron chi connectivity index (χ0n) is 12.3. The summed E-state index contributed by atoms with van der Waals surface area (Å²) in [5, 5.41) is 5.99. The molecule has 0 radical (unpaired) electrons. The Balaban J connectivity index is 2.07. The fraction of sp³-hybridized carbons (Fsp3) is 0.176. The number of anilines is 2. The normalized spacial score (nSPS) is 10.0. The molecule has 1 heterocycles. The van der Waals surface area contributed by atoms with Crippen LogP contribution >= 0.6 is 0 Å². The molecule has 4 nitrogen and oxygen atoms in total. The van der Waals surface area contributed by atoms with Crippen molar-refractivity contribution in [3.63, 3.8) is 0 Å². The van der Waals surface area contributed by atoms with Crippen molar-refractivity contribution in [3.05, 3.63) is 66.0 Å². The van der Waals surface area contributed by atoms with Gasteiger partial charge in [0.25, 0.3) is 5.91 Å². The van der Waals surface area contributed by atoms with E-state index in [1.54, 1.807) is 18.3 Å². The highest BCUT2D eigenvalue weighted by atomic mass is 16.1. The van der Waals surface area contributed by atoms with Crippen LogP contribution in [0.3, 0.4) is 0 Å². The van der Waals surface area contributed by atoms with E-state index >= 15 is 0 Å². The molecule has 2 rings (SSSR count). The minimum absolute atomic E-state index is 0.211. The second kappa shape index (κ2) is 6.70. The van der Waals surface area contributed by atoms with Gasteiger partial charge in [-0.2, -0.15) is 0 Å². The molecule has 0 bridgehead atoms. The third-order valence-corrected chi connectivity index (χ3v) is 3.08. The number of carbonyl (C=O) groups is 1. The first-order valence-electron chi connectivity index (χ1n) is 6.79. The molecule has 0 saturated carbocycles. The fourth-order valence-electron chi connectivity index (χ4n) is 1.96. The van der Waals surface area contributed by atoms with Crippen molar-refractivity contribution in [1.29, 1.82) is 0 Å². The van der Waals surface area contributed by atoms with E-state index in [4.69, 9.17) is 0 Å². The number of aryl methyl sites for hydroxylation is 2. The maximum absolute atomic E-state index is 12.2. The van der Waals surface area contributed by atoms with Crippen molar-refractivity contribution >= 4 is 17.3 Å². The number of hydrogen-bond donors (Lipinski definition) is 2. The van der Waals surface area contributed by atoms with Gasteiger partial charge in [0.1, 0.15) is 5.69 Å². The average molecular weight is 281 g/mol. The minimum atomic E-state index is -0.211. The van der Waals surface area contributed by atoms with Crippen molar-refractivity contribution < 1.29 is 4.79 Å².